The van der Waals surface area contributed by atoms with E-state index in [-0.39, 0.29) is 5.97 Å². The maximum absolute atomic E-state index is 11.3. The van der Waals surface area contributed by atoms with E-state index in [1.165, 1.54) is 7.11 Å². The largest absolute Gasteiger partial charge is 0.465 e. The van der Waals surface area contributed by atoms with Crippen LogP contribution < -0.4 is 5.32 Å². The number of nitrogens with one attached hydrogen (secondary N) is 1. The van der Waals surface area contributed by atoms with E-state index in [4.69, 9.17) is 11.6 Å². The summed E-state index contributed by atoms with van der Waals surface area (Å²) in [7, 11) is 1.35. The zero-order valence-corrected chi connectivity index (χ0v) is 8.89. The third kappa shape index (κ3) is 2.39. The van der Waals surface area contributed by atoms with Gasteiger partial charge in [0.1, 0.15) is 0 Å². The van der Waals surface area contributed by atoms with E-state index in [9.17, 15) is 4.79 Å². The molecule has 1 rings (SSSR count). The van der Waals surface area contributed by atoms with Crippen molar-refractivity contribution in [3.63, 3.8) is 0 Å². The summed E-state index contributed by atoms with van der Waals surface area (Å²) in [5.41, 5.74) is 1.20. The molecule has 0 aliphatic rings. The summed E-state index contributed by atoms with van der Waals surface area (Å²) >= 11 is 5.81. The first-order chi connectivity index (χ1) is 6.69. The summed E-state index contributed by atoms with van der Waals surface area (Å²) in [6.45, 7) is 2.67. The molecule has 0 saturated heterocycles. The van der Waals surface area contributed by atoms with Gasteiger partial charge in [0.15, 0.2) is 0 Å². The van der Waals surface area contributed by atoms with Crippen LogP contribution >= 0.6 is 11.6 Å². The molecule has 14 heavy (non-hydrogen) atoms. The Labute approximate surface area is 88.0 Å². The van der Waals surface area contributed by atoms with E-state index >= 15 is 0 Å². The van der Waals surface area contributed by atoms with E-state index in [2.05, 4.69) is 10.1 Å². The molecule has 0 aliphatic heterocycles. The van der Waals surface area contributed by atoms with Crippen LogP contribution in [0.4, 0.5) is 5.69 Å². The first-order valence-corrected chi connectivity index (χ1v) is 4.68. The number of hydrogen-bond donors (Lipinski definition) is 1. The molecule has 0 fully saturated rings. The number of esters is 1. The molecule has 0 spiro atoms. The lowest BCUT2D eigenvalue weighted by Crippen LogP contribution is -2.07. The molecule has 0 aliphatic carbocycles. The van der Waals surface area contributed by atoms with Crippen LogP contribution in [0, 0.1) is 0 Å². The van der Waals surface area contributed by atoms with Gasteiger partial charge in [-0.05, 0) is 25.1 Å². The molecule has 0 radical (unpaired) electrons. The minimum absolute atomic E-state index is 0.363. The molecule has 0 bridgehead atoms. The van der Waals surface area contributed by atoms with Crippen molar-refractivity contribution in [3.8, 4) is 0 Å². The van der Waals surface area contributed by atoms with Crippen LogP contribution in [0.5, 0.6) is 0 Å². The lowest BCUT2D eigenvalue weighted by molar-refractivity contribution is 0.0602. The van der Waals surface area contributed by atoms with Crippen LogP contribution in [-0.4, -0.2) is 19.6 Å². The number of anilines is 1. The number of ether oxygens (including phenoxy) is 1. The van der Waals surface area contributed by atoms with Gasteiger partial charge in [-0.15, -0.1) is 0 Å². The van der Waals surface area contributed by atoms with Crippen molar-refractivity contribution >= 4 is 23.3 Å². The average Bonchev–Trinajstić information content (AvgIpc) is 2.17. The highest BCUT2D eigenvalue weighted by Gasteiger charge is 2.10. The fourth-order valence-electron chi connectivity index (χ4n) is 1.14. The standard InChI is InChI=1S/C10H12ClNO2/c1-3-12-9-6-7(11)4-5-8(9)10(13)14-2/h4-6,12H,3H2,1-2H3. The summed E-state index contributed by atoms with van der Waals surface area (Å²) in [6, 6.07) is 5.01. The summed E-state index contributed by atoms with van der Waals surface area (Å²) in [5.74, 6) is -0.363. The molecule has 1 aromatic carbocycles. The number of rotatable bonds is 3. The Morgan fingerprint density at radius 1 is 1.57 bits per heavy atom. The second-order valence-electron chi connectivity index (χ2n) is 2.71. The highest BCUT2D eigenvalue weighted by atomic mass is 35.5. The number of halogens is 1. The van der Waals surface area contributed by atoms with Crippen molar-refractivity contribution in [3.05, 3.63) is 28.8 Å². The molecule has 0 saturated carbocycles. The fraction of sp³-hybridized carbons (Fsp3) is 0.300. The van der Waals surface area contributed by atoms with Crippen LogP contribution in [-0.2, 0) is 4.74 Å². The molecule has 1 N–H and O–H groups in total. The highest BCUT2D eigenvalue weighted by molar-refractivity contribution is 6.31. The third-order valence-electron chi connectivity index (χ3n) is 1.75. The van der Waals surface area contributed by atoms with Crippen molar-refractivity contribution in [1.29, 1.82) is 0 Å². The number of carbonyl (C=O) groups excluding carboxylic acids is 1. The molecule has 3 nitrogen and oxygen atoms in total. The van der Waals surface area contributed by atoms with Crippen LogP contribution in [0.1, 0.15) is 17.3 Å². The van der Waals surface area contributed by atoms with Gasteiger partial charge in [0.25, 0.3) is 0 Å². The maximum Gasteiger partial charge on any atom is 0.339 e. The monoisotopic (exact) mass is 213 g/mol. The van der Waals surface area contributed by atoms with Gasteiger partial charge in [-0.1, -0.05) is 11.6 Å². The van der Waals surface area contributed by atoms with Gasteiger partial charge >= 0.3 is 5.97 Å². The predicted octanol–water partition coefficient (Wildman–Crippen LogP) is 2.56. The lowest BCUT2D eigenvalue weighted by Gasteiger charge is -2.08. The number of hydrogen-bond acceptors (Lipinski definition) is 3. The van der Waals surface area contributed by atoms with Crippen LogP contribution in [0.3, 0.4) is 0 Å². The summed E-state index contributed by atoms with van der Waals surface area (Å²) < 4.78 is 4.64. The van der Waals surface area contributed by atoms with Crippen molar-refractivity contribution < 1.29 is 9.53 Å². The van der Waals surface area contributed by atoms with E-state index in [0.717, 1.165) is 6.54 Å². The van der Waals surface area contributed by atoms with Crippen LogP contribution in [0.15, 0.2) is 18.2 Å². The lowest BCUT2D eigenvalue weighted by atomic mass is 10.2. The predicted molar refractivity (Wildman–Crippen MR) is 57.0 cm³/mol. The Hall–Kier alpha value is -1.22. The smallest absolute Gasteiger partial charge is 0.339 e. The van der Waals surface area contributed by atoms with Gasteiger partial charge in [0, 0.05) is 11.6 Å². The van der Waals surface area contributed by atoms with E-state index in [1.54, 1.807) is 18.2 Å². The number of carbonyl (C=O) groups is 1. The molecular formula is C10H12ClNO2. The Morgan fingerprint density at radius 3 is 2.86 bits per heavy atom. The molecule has 0 amide bonds. The first-order valence-electron chi connectivity index (χ1n) is 4.30. The molecule has 4 heteroatoms. The Balaban J connectivity index is 3.07. The van der Waals surface area contributed by atoms with Crippen molar-refractivity contribution in [2.24, 2.45) is 0 Å². The first kappa shape index (κ1) is 10.9. The summed E-state index contributed by atoms with van der Waals surface area (Å²) in [6.07, 6.45) is 0. The van der Waals surface area contributed by atoms with Gasteiger partial charge < -0.3 is 10.1 Å². The molecule has 0 atom stereocenters. The van der Waals surface area contributed by atoms with E-state index < -0.39 is 0 Å². The number of methoxy groups -OCH3 is 1. The topological polar surface area (TPSA) is 38.3 Å². The fourth-order valence-corrected chi connectivity index (χ4v) is 1.31. The van der Waals surface area contributed by atoms with Crippen LogP contribution in [0.2, 0.25) is 5.02 Å². The van der Waals surface area contributed by atoms with Crippen molar-refractivity contribution in [1.82, 2.24) is 0 Å². The number of benzene rings is 1. The second-order valence-corrected chi connectivity index (χ2v) is 3.15. The van der Waals surface area contributed by atoms with Crippen molar-refractivity contribution in [2.45, 2.75) is 6.92 Å². The van der Waals surface area contributed by atoms with E-state index in [0.29, 0.717) is 16.3 Å². The quantitative estimate of drug-likeness (QED) is 0.785. The minimum Gasteiger partial charge on any atom is -0.465 e. The van der Waals surface area contributed by atoms with Gasteiger partial charge in [0.05, 0.1) is 18.4 Å². The Bertz CT molecular complexity index is 339. The molecule has 1 aromatic rings. The second kappa shape index (κ2) is 4.86. The van der Waals surface area contributed by atoms with Gasteiger partial charge in [-0.25, -0.2) is 4.79 Å². The highest BCUT2D eigenvalue weighted by Crippen LogP contribution is 2.21. The van der Waals surface area contributed by atoms with Gasteiger partial charge in [-0.3, -0.25) is 0 Å². The zero-order chi connectivity index (χ0) is 10.6. The molecule has 76 valence electrons. The molecule has 0 heterocycles. The average molecular weight is 214 g/mol. The third-order valence-corrected chi connectivity index (χ3v) is 1.99. The Morgan fingerprint density at radius 2 is 2.29 bits per heavy atom. The van der Waals surface area contributed by atoms with E-state index in [1.807, 2.05) is 6.92 Å². The summed E-state index contributed by atoms with van der Waals surface area (Å²) in [4.78, 5) is 11.3. The van der Waals surface area contributed by atoms with Gasteiger partial charge in [0.2, 0.25) is 0 Å². The SMILES string of the molecule is CCNc1cc(Cl)ccc1C(=O)OC. The van der Waals surface area contributed by atoms with Crippen LogP contribution in [0.25, 0.3) is 0 Å². The normalized spacial score (nSPS) is 9.64. The maximum atomic E-state index is 11.3. The Kier molecular flexibility index (Phi) is 3.77. The zero-order valence-electron chi connectivity index (χ0n) is 8.13. The minimum atomic E-state index is -0.363. The van der Waals surface area contributed by atoms with Gasteiger partial charge in [-0.2, -0.15) is 0 Å². The van der Waals surface area contributed by atoms with Crippen molar-refractivity contribution in [2.75, 3.05) is 19.0 Å². The molecule has 0 aromatic heterocycles. The molecule has 0 unspecified atom stereocenters. The molecular weight excluding hydrogens is 202 g/mol. The summed E-state index contributed by atoms with van der Waals surface area (Å²) in [5, 5.41) is 3.64.